The molecular weight excluding hydrogens is 256 g/mol. The quantitative estimate of drug-likeness (QED) is 0.843. The third-order valence-electron chi connectivity index (χ3n) is 3.78. The van der Waals surface area contributed by atoms with Crippen molar-refractivity contribution in [2.75, 3.05) is 6.54 Å². The van der Waals surface area contributed by atoms with Crippen LogP contribution in [0.4, 0.5) is 0 Å². The van der Waals surface area contributed by atoms with Crippen molar-refractivity contribution in [2.45, 2.75) is 45.2 Å². The molecule has 0 radical (unpaired) electrons. The first kappa shape index (κ1) is 12.9. The Morgan fingerprint density at radius 2 is 2.37 bits per heavy atom. The molecule has 0 spiro atoms. The highest BCUT2D eigenvalue weighted by Gasteiger charge is 2.26. The van der Waals surface area contributed by atoms with Gasteiger partial charge in [-0.15, -0.1) is 11.3 Å². The molecule has 1 atom stereocenters. The Bertz CT molecular complexity index is 506. The first-order valence-electron chi connectivity index (χ1n) is 7.02. The Morgan fingerprint density at radius 1 is 1.42 bits per heavy atom. The molecule has 0 bridgehead atoms. The van der Waals surface area contributed by atoms with E-state index in [1.807, 2.05) is 18.3 Å². The second-order valence-electron chi connectivity index (χ2n) is 5.29. The summed E-state index contributed by atoms with van der Waals surface area (Å²) in [5.74, 6) is 1.04. The third-order valence-corrected chi connectivity index (χ3v) is 4.64. The van der Waals surface area contributed by atoms with E-state index in [1.54, 1.807) is 0 Å². The van der Waals surface area contributed by atoms with E-state index in [0.29, 0.717) is 6.04 Å². The number of nitrogens with zero attached hydrogens (tertiary/aromatic N) is 2. The first-order valence-corrected chi connectivity index (χ1v) is 7.90. The molecule has 3 rings (SSSR count). The van der Waals surface area contributed by atoms with Gasteiger partial charge in [-0.3, -0.25) is 4.90 Å². The largest absolute Gasteiger partial charge is 0.359 e. The summed E-state index contributed by atoms with van der Waals surface area (Å²) in [6.45, 7) is 4.18. The van der Waals surface area contributed by atoms with Crippen LogP contribution in [-0.2, 0) is 6.54 Å². The number of aromatic nitrogens is 1. The van der Waals surface area contributed by atoms with E-state index in [-0.39, 0.29) is 0 Å². The van der Waals surface area contributed by atoms with Gasteiger partial charge in [0.2, 0.25) is 0 Å². The van der Waals surface area contributed by atoms with Crippen LogP contribution in [0.3, 0.4) is 0 Å². The van der Waals surface area contributed by atoms with Crippen LogP contribution in [-0.4, -0.2) is 16.6 Å². The lowest BCUT2D eigenvalue weighted by Crippen LogP contribution is -2.27. The van der Waals surface area contributed by atoms with Crippen LogP contribution in [0.15, 0.2) is 28.1 Å². The molecule has 1 fully saturated rings. The Kier molecular flexibility index (Phi) is 3.99. The Labute approximate surface area is 118 Å². The molecule has 102 valence electrons. The molecule has 0 N–H and O–H groups in total. The van der Waals surface area contributed by atoms with Gasteiger partial charge in [0.25, 0.3) is 0 Å². The predicted molar refractivity (Wildman–Crippen MR) is 77.2 cm³/mol. The van der Waals surface area contributed by atoms with E-state index in [2.05, 4.69) is 33.6 Å². The maximum absolute atomic E-state index is 5.52. The van der Waals surface area contributed by atoms with Crippen molar-refractivity contribution in [3.05, 3.63) is 39.9 Å². The maximum Gasteiger partial charge on any atom is 0.154 e. The van der Waals surface area contributed by atoms with Crippen molar-refractivity contribution in [1.82, 2.24) is 10.1 Å². The topological polar surface area (TPSA) is 29.3 Å². The zero-order chi connectivity index (χ0) is 13.1. The fourth-order valence-corrected chi connectivity index (χ4v) is 3.55. The standard InChI is InChI=1S/C15H20N2OS/c1-12-10-15(18-16-12)14-7-3-2-4-8-17(14)11-13-6-5-9-19-13/h5-6,9-10,14H,2-4,7-8,11H2,1H3/t14-/m1/s1. The molecule has 4 heteroatoms. The van der Waals surface area contributed by atoms with E-state index in [0.717, 1.165) is 24.5 Å². The van der Waals surface area contributed by atoms with E-state index < -0.39 is 0 Å². The molecule has 1 saturated heterocycles. The van der Waals surface area contributed by atoms with Crippen LogP contribution in [0.2, 0.25) is 0 Å². The van der Waals surface area contributed by atoms with Crippen molar-refractivity contribution < 1.29 is 4.52 Å². The second kappa shape index (κ2) is 5.88. The molecule has 19 heavy (non-hydrogen) atoms. The lowest BCUT2D eigenvalue weighted by Gasteiger charge is -2.27. The molecule has 3 nitrogen and oxygen atoms in total. The average molecular weight is 276 g/mol. The summed E-state index contributed by atoms with van der Waals surface area (Å²) in [5.41, 5.74) is 0.982. The monoisotopic (exact) mass is 276 g/mol. The Balaban J connectivity index is 1.80. The first-order chi connectivity index (χ1) is 9.33. The van der Waals surface area contributed by atoms with Gasteiger partial charge in [-0.25, -0.2) is 0 Å². The van der Waals surface area contributed by atoms with E-state index >= 15 is 0 Å². The van der Waals surface area contributed by atoms with Crippen LogP contribution in [0.1, 0.15) is 48.1 Å². The fourth-order valence-electron chi connectivity index (χ4n) is 2.82. The SMILES string of the molecule is Cc1cc([C@H]2CCCCCN2Cc2cccs2)on1. The highest BCUT2D eigenvalue weighted by molar-refractivity contribution is 7.09. The molecular formula is C15H20N2OS. The van der Waals surface area contributed by atoms with Gasteiger partial charge in [0.15, 0.2) is 5.76 Å². The van der Waals surface area contributed by atoms with Gasteiger partial charge in [0.05, 0.1) is 11.7 Å². The van der Waals surface area contributed by atoms with Crippen molar-refractivity contribution in [3.8, 4) is 0 Å². The average Bonchev–Trinajstić information content (AvgIpc) is 2.99. The molecule has 0 aromatic carbocycles. The summed E-state index contributed by atoms with van der Waals surface area (Å²) >= 11 is 1.84. The van der Waals surface area contributed by atoms with Crippen molar-refractivity contribution in [1.29, 1.82) is 0 Å². The van der Waals surface area contributed by atoms with Crippen LogP contribution < -0.4 is 0 Å². The minimum Gasteiger partial charge on any atom is -0.359 e. The van der Waals surface area contributed by atoms with Gasteiger partial charge >= 0.3 is 0 Å². The lowest BCUT2D eigenvalue weighted by atomic mass is 10.1. The van der Waals surface area contributed by atoms with Crippen molar-refractivity contribution in [2.24, 2.45) is 0 Å². The number of hydrogen-bond acceptors (Lipinski definition) is 4. The normalized spacial score (nSPS) is 21.4. The van der Waals surface area contributed by atoms with Crippen molar-refractivity contribution >= 4 is 11.3 Å². The lowest BCUT2D eigenvalue weighted by molar-refractivity contribution is 0.161. The van der Waals surface area contributed by atoms with Gasteiger partial charge in [0, 0.05) is 17.5 Å². The van der Waals surface area contributed by atoms with Gasteiger partial charge in [-0.05, 0) is 37.8 Å². The predicted octanol–water partition coefficient (Wildman–Crippen LogP) is 4.16. The molecule has 1 aliphatic rings. The zero-order valence-electron chi connectivity index (χ0n) is 11.3. The molecule has 2 aromatic heterocycles. The highest BCUT2D eigenvalue weighted by Crippen LogP contribution is 2.32. The van der Waals surface area contributed by atoms with Crippen LogP contribution >= 0.6 is 11.3 Å². The Morgan fingerprint density at radius 3 is 3.11 bits per heavy atom. The smallest absolute Gasteiger partial charge is 0.154 e. The highest BCUT2D eigenvalue weighted by atomic mass is 32.1. The molecule has 2 aromatic rings. The fraction of sp³-hybridized carbons (Fsp3) is 0.533. The van der Waals surface area contributed by atoms with Crippen LogP contribution in [0, 0.1) is 6.92 Å². The number of hydrogen-bond donors (Lipinski definition) is 0. The number of thiophene rings is 1. The summed E-state index contributed by atoms with van der Waals surface area (Å²) in [6, 6.07) is 6.84. The minimum atomic E-state index is 0.394. The van der Waals surface area contributed by atoms with Gasteiger partial charge in [-0.1, -0.05) is 24.1 Å². The Hall–Kier alpha value is -1.13. The molecule has 1 aliphatic heterocycles. The second-order valence-corrected chi connectivity index (χ2v) is 6.32. The number of aryl methyl sites for hydroxylation is 1. The van der Waals surface area contributed by atoms with E-state index in [4.69, 9.17) is 4.52 Å². The molecule has 0 unspecified atom stereocenters. The zero-order valence-corrected chi connectivity index (χ0v) is 12.2. The molecule has 0 saturated carbocycles. The minimum absolute atomic E-state index is 0.394. The summed E-state index contributed by atoms with van der Waals surface area (Å²) in [7, 11) is 0. The van der Waals surface area contributed by atoms with Crippen molar-refractivity contribution in [3.63, 3.8) is 0 Å². The van der Waals surface area contributed by atoms with Gasteiger partial charge in [-0.2, -0.15) is 0 Å². The van der Waals surface area contributed by atoms with Crippen LogP contribution in [0.5, 0.6) is 0 Å². The summed E-state index contributed by atoms with van der Waals surface area (Å²) in [4.78, 5) is 3.99. The number of rotatable bonds is 3. The molecule has 0 amide bonds. The third kappa shape index (κ3) is 3.07. The molecule has 3 heterocycles. The van der Waals surface area contributed by atoms with Crippen LogP contribution in [0.25, 0.3) is 0 Å². The van der Waals surface area contributed by atoms with Gasteiger partial charge < -0.3 is 4.52 Å². The van der Waals surface area contributed by atoms with Gasteiger partial charge in [0.1, 0.15) is 0 Å². The maximum atomic E-state index is 5.52. The van der Waals surface area contributed by atoms with E-state index in [9.17, 15) is 0 Å². The number of likely N-dealkylation sites (tertiary alicyclic amines) is 1. The van der Waals surface area contributed by atoms with E-state index in [1.165, 1.54) is 30.6 Å². The molecule has 0 aliphatic carbocycles. The summed E-state index contributed by atoms with van der Waals surface area (Å²) in [5, 5.41) is 6.21. The summed E-state index contributed by atoms with van der Waals surface area (Å²) in [6.07, 6.45) is 5.07. The summed E-state index contributed by atoms with van der Waals surface area (Å²) < 4.78 is 5.52.